The fourth-order valence-electron chi connectivity index (χ4n) is 3.64. The van der Waals surface area contributed by atoms with E-state index in [1.807, 2.05) is 36.4 Å². The molecule has 0 aromatic heterocycles. The molecule has 0 radical (unpaired) electrons. The molecule has 2 aromatic rings. The van der Waals surface area contributed by atoms with Gasteiger partial charge in [-0.1, -0.05) is 42.5 Å². The molecular weight excluding hydrogens is 449 g/mol. The minimum absolute atomic E-state index is 0.0291. The predicted molar refractivity (Wildman–Crippen MR) is 130 cm³/mol. The topological polar surface area (TPSA) is 132 Å². The number of ether oxygens (including phenoxy) is 2. The standard InChI is InChI=1S/C25H28BN3O6/c27-18-21(25(31)29-10-13-34-14-11-29)15-19-5-4-8-22(16-19)35-12-9-24(30)28-23(17-26(32)33)20-6-2-1-3-7-20/h1-8,15-16,23,32-33H,9-14,17H2,(H,28,30)/t23-/m0/s1. The fourth-order valence-corrected chi connectivity index (χ4v) is 3.64. The van der Waals surface area contributed by atoms with Gasteiger partial charge in [0, 0.05) is 19.4 Å². The van der Waals surface area contributed by atoms with Crippen LogP contribution in [0.3, 0.4) is 0 Å². The predicted octanol–water partition coefficient (Wildman–Crippen LogP) is 1.55. The van der Waals surface area contributed by atoms with Gasteiger partial charge in [0.1, 0.15) is 17.4 Å². The average molecular weight is 477 g/mol. The summed E-state index contributed by atoms with van der Waals surface area (Å²) in [6.45, 7) is 1.90. The summed E-state index contributed by atoms with van der Waals surface area (Å²) in [4.78, 5) is 26.6. The average Bonchev–Trinajstić information content (AvgIpc) is 2.87. The van der Waals surface area contributed by atoms with E-state index in [4.69, 9.17) is 9.47 Å². The highest BCUT2D eigenvalue weighted by Gasteiger charge is 2.22. The molecule has 1 fully saturated rings. The van der Waals surface area contributed by atoms with Crippen molar-refractivity contribution in [1.29, 1.82) is 5.26 Å². The molecule has 0 bridgehead atoms. The van der Waals surface area contributed by atoms with Crippen LogP contribution in [0.15, 0.2) is 60.2 Å². The second-order valence-electron chi connectivity index (χ2n) is 7.99. The highest BCUT2D eigenvalue weighted by atomic mass is 16.5. The van der Waals surface area contributed by atoms with E-state index in [1.165, 1.54) is 6.08 Å². The first kappa shape index (κ1) is 26.0. The van der Waals surface area contributed by atoms with Crippen LogP contribution in [0.25, 0.3) is 6.08 Å². The lowest BCUT2D eigenvalue weighted by molar-refractivity contribution is -0.130. The number of nitrogens with zero attached hydrogens (tertiary/aromatic N) is 2. The van der Waals surface area contributed by atoms with Gasteiger partial charge in [-0.15, -0.1) is 0 Å². The fraction of sp³-hybridized carbons (Fsp3) is 0.320. The van der Waals surface area contributed by atoms with Crippen LogP contribution >= 0.6 is 0 Å². The van der Waals surface area contributed by atoms with Gasteiger partial charge in [-0.25, -0.2) is 0 Å². The number of carbonyl (C=O) groups is 2. The van der Waals surface area contributed by atoms with Crippen LogP contribution in [0.4, 0.5) is 0 Å². The summed E-state index contributed by atoms with van der Waals surface area (Å²) in [5, 5.41) is 31.0. The molecular formula is C25H28BN3O6. The summed E-state index contributed by atoms with van der Waals surface area (Å²) >= 11 is 0. The van der Waals surface area contributed by atoms with Crippen molar-refractivity contribution in [2.24, 2.45) is 0 Å². The Balaban J connectivity index is 1.55. The van der Waals surface area contributed by atoms with Gasteiger partial charge in [0.15, 0.2) is 0 Å². The second-order valence-corrected chi connectivity index (χ2v) is 7.99. The maximum absolute atomic E-state index is 12.6. The molecule has 1 atom stereocenters. The zero-order chi connectivity index (χ0) is 25.0. The summed E-state index contributed by atoms with van der Waals surface area (Å²) in [7, 11) is -1.55. The highest BCUT2D eigenvalue weighted by molar-refractivity contribution is 6.41. The first-order chi connectivity index (χ1) is 17.0. The monoisotopic (exact) mass is 477 g/mol. The Bertz CT molecular complexity index is 1060. The Morgan fingerprint density at radius 1 is 1.17 bits per heavy atom. The van der Waals surface area contributed by atoms with Crippen LogP contribution < -0.4 is 10.1 Å². The number of carbonyl (C=O) groups excluding carboxylic acids is 2. The minimum Gasteiger partial charge on any atom is -0.493 e. The van der Waals surface area contributed by atoms with Gasteiger partial charge in [-0.3, -0.25) is 9.59 Å². The molecule has 1 aliphatic rings. The lowest BCUT2D eigenvalue weighted by Gasteiger charge is -2.26. The van der Waals surface area contributed by atoms with E-state index >= 15 is 0 Å². The van der Waals surface area contributed by atoms with Crippen molar-refractivity contribution < 1.29 is 29.1 Å². The first-order valence-corrected chi connectivity index (χ1v) is 11.4. The molecule has 1 heterocycles. The Kier molecular flexibility index (Phi) is 9.86. The van der Waals surface area contributed by atoms with E-state index in [9.17, 15) is 24.9 Å². The van der Waals surface area contributed by atoms with Gasteiger partial charge in [0.2, 0.25) is 5.91 Å². The number of nitriles is 1. The van der Waals surface area contributed by atoms with Gasteiger partial charge < -0.3 is 29.7 Å². The van der Waals surface area contributed by atoms with Crippen molar-refractivity contribution >= 4 is 25.0 Å². The molecule has 2 amide bonds. The van der Waals surface area contributed by atoms with Crippen molar-refractivity contribution in [2.45, 2.75) is 18.8 Å². The minimum atomic E-state index is -1.55. The van der Waals surface area contributed by atoms with Crippen molar-refractivity contribution in [1.82, 2.24) is 10.2 Å². The first-order valence-electron chi connectivity index (χ1n) is 11.4. The second kappa shape index (κ2) is 13.3. The number of hydrogen-bond donors (Lipinski definition) is 3. The molecule has 0 saturated carbocycles. The zero-order valence-electron chi connectivity index (χ0n) is 19.3. The van der Waals surface area contributed by atoms with E-state index in [0.29, 0.717) is 37.6 Å². The number of hydrogen-bond acceptors (Lipinski definition) is 7. The van der Waals surface area contributed by atoms with Gasteiger partial charge in [0.05, 0.1) is 32.3 Å². The summed E-state index contributed by atoms with van der Waals surface area (Å²) in [6.07, 6.45) is 1.54. The third-order valence-corrected chi connectivity index (χ3v) is 5.40. The maximum atomic E-state index is 12.6. The number of nitrogens with one attached hydrogen (secondary N) is 1. The van der Waals surface area contributed by atoms with Crippen LogP contribution in [0.5, 0.6) is 5.75 Å². The van der Waals surface area contributed by atoms with Crippen molar-refractivity contribution in [2.75, 3.05) is 32.9 Å². The van der Waals surface area contributed by atoms with Crippen LogP contribution in [0.2, 0.25) is 6.32 Å². The highest BCUT2D eigenvalue weighted by Crippen LogP contribution is 2.19. The molecule has 0 unspecified atom stereocenters. The smallest absolute Gasteiger partial charge is 0.453 e. The van der Waals surface area contributed by atoms with E-state index < -0.39 is 13.2 Å². The molecule has 1 aliphatic heterocycles. The van der Waals surface area contributed by atoms with Crippen molar-refractivity contribution in [3.63, 3.8) is 0 Å². The molecule has 10 heteroatoms. The molecule has 2 aromatic carbocycles. The Morgan fingerprint density at radius 3 is 2.60 bits per heavy atom. The van der Waals surface area contributed by atoms with Gasteiger partial charge in [0.25, 0.3) is 5.91 Å². The van der Waals surface area contributed by atoms with Crippen LogP contribution in [0, 0.1) is 11.3 Å². The Labute approximate surface area is 204 Å². The van der Waals surface area contributed by atoms with Crippen molar-refractivity contribution in [3.05, 3.63) is 71.3 Å². The van der Waals surface area contributed by atoms with Gasteiger partial charge >= 0.3 is 7.12 Å². The zero-order valence-corrected chi connectivity index (χ0v) is 19.3. The van der Waals surface area contributed by atoms with Crippen LogP contribution in [0.1, 0.15) is 23.6 Å². The quantitative estimate of drug-likeness (QED) is 0.269. The lowest BCUT2D eigenvalue weighted by Crippen LogP contribution is -2.41. The number of benzene rings is 2. The lowest BCUT2D eigenvalue weighted by atomic mass is 9.79. The molecule has 3 rings (SSSR count). The van der Waals surface area contributed by atoms with Crippen LogP contribution in [-0.4, -0.2) is 66.8 Å². The molecule has 0 spiro atoms. The normalized spacial score (nSPS) is 14.5. The molecule has 182 valence electrons. The summed E-state index contributed by atoms with van der Waals surface area (Å²) in [5.74, 6) is -0.133. The van der Waals surface area contributed by atoms with E-state index in [1.54, 1.807) is 29.2 Å². The van der Waals surface area contributed by atoms with Gasteiger partial charge in [-0.05, 0) is 29.3 Å². The molecule has 3 N–H and O–H groups in total. The van der Waals surface area contributed by atoms with E-state index in [-0.39, 0.29) is 36.7 Å². The number of rotatable bonds is 10. The summed E-state index contributed by atoms with van der Waals surface area (Å²) < 4.78 is 10.9. The number of morpholine rings is 1. The molecule has 9 nitrogen and oxygen atoms in total. The Hall–Kier alpha value is -3.65. The third kappa shape index (κ3) is 8.26. The number of amides is 2. The van der Waals surface area contributed by atoms with E-state index in [0.717, 1.165) is 5.56 Å². The molecule has 35 heavy (non-hydrogen) atoms. The summed E-state index contributed by atoms with van der Waals surface area (Å²) in [5.41, 5.74) is 1.43. The van der Waals surface area contributed by atoms with Crippen LogP contribution in [-0.2, 0) is 14.3 Å². The SMILES string of the molecule is N#CC(=Cc1cccc(OCCC(=O)N[C@@H](CB(O)O)c2ccccc2)c1)C(=O)N1CCOCC1. The summed E-state index contributed by atoms with van der Waals surface area (Å²) in [6, 6.07) is 17.4. The van der Waals surface area contributed by atoms with Gasteiger partial charge in [-0.2, -0.15) is 5.26 Å². The largest absolute Gasteiger partial charge is 0.493 e. The van der Waals surface area contributed by atoms with Crippen molar-refractivity contribution in [3.8, 4) is 11.8 Å². The van der Waals surface area contributed by atoms with E-state index in [2.05, 4.69) is 5.32 Å². The molecule has 1 saturated heterocycles. The maximum Gasteiger partial charge on any atom is 0.453 e. The Morgan fingerprint density at radius 2 is 1.91 bits per heavy atom. The third-order valence-electron chi connectivity index (χ3n) is 5.40. The molecule has 0 aliphatic carbocycles.